The summed E-state index contributed by atoms with van der Waals surface area (Å²) < 4.78 is 2.04. The van der Waals surface area contributed by atoms with Gasteiger partial charge >= 0.3 is 0 Å². The zero-order valence-corrected chi connectivity index (χ0v) is 12.6. The molecule has 0 aliphatic carbocycles. The monoisotopic (exact) mass is 272 g/mol. The number of nitrogens with one attached hydrogen (secondary N) is 1. The van der Waals surface area contributed by atoms with E-state index in [0.717, 1.165) is 35.4 Å². The Kier molecular flexibility index (Phi) is 4.50. The zero-order valence-electron chi connectivity index (χ0n) is 12.6. The smallest absolute Gasteiger partial charge is 0.173 e. The van der Waals surface area contributed by atoms with E-state index in [1.807, 2.05) is 30.9 Å². The van der Waals surface area contributed by atoms with Gasteiger partial charge in [0.25, 0.3) is 0 Å². The van der Waals surface area contributed by atoms with Crippen LogP contribution in [0.1, 0.15) is 19.5 Å². The second-order valence-electron chi connectivity index (χ2n) is 4.86. The van der Waals surface area contributed by atoms with Crippen molar-refractivity contribution in [3.05, 3.63) is 30.5 Å². The van der Waals surface area contributed by atoms with Crippen molar-refractivity contribution in [3.63, 3.8) is 0 Å². The normalized spacial score (nSPS) is 11.7. The van der Waals surface area contributed by atoms with E-state index >= 15 is 0 Å². The Bertz CT molecular complexity index is 631. The SMILES string of the molecule is CCN(/C=C(\C=[N+](C)C)c1ncnc2[nH]ccc12)CC. The lowest BCUT2D eigenvalue weighted by atomic mass is 10.1. The first-order valence-corrected chi connectivity index (χ1v) is 6.91. The highest BCUT2D eigenvalue weighted by molar-refractivity contribution is 6.11. The fourth-order valence-electron chi connectivity index (χ4n) is 2.14. The summed E-state index contributed by atoms with van der Waals surface area (Å²) in [6, 6.07) is 2.02. The number of H-pyrrole nitrogens is 1. The third-order valence-electron chi connectivity index (χ3n) is 3.16. The second kappa shape index (κ2) is 6.32. The summed E-state index contributed by atoms with van der Waals surface area (Å²) in [5.41, 5.74) is 2.91. The van der Waals surface area contributed by atoms with E-state index in [9.17, 15) is 0 Å². The number of allylic oxidation sites excluding steroid dienone is 1. The van der Waals surface area contributed by atoms with Gasteiger partial charge in [-0.05, 0) is 19.9 Å². The van der Waals surface area contributed by atoms with Crippen LogP contribution in [0.4, 0.5) is 0 Å². The molecule has 0 unspecified atom stereocenters. The van der Waals surface area contributed by atoms with Crippen LogP contribution >= 0.6 is 0 Å². The van der Waals surface area contributed by atoms with Gasteiger partial charge in [-0.1, -0.05) is 0 Å². The van der Waals surface area contributed by atoms with Crippen molar-refractivity contribution in [1.29, 1.82) is 0 Å². The molecule has 0 amide bonds. The molecule has 5 heteroatoms. The number of hydrogen-bond acceptors (Lipinski definition) is 3. The highest BCUT2D eigenvalue weighted by atomic mass is 15.1. The lowest BCUT2D eigenvalue weighted by Gasteiger charge is -2.16. The molecule has 20 heavy (non-hydrogen) atoms. The number of aromatic nitrogens is 3. The molecule has 2 rings (SSSR count). The van der Waals surface area contributed by atoms with Crippen LogP contribution in [0.15, 0.2) is 24.8 Å². The van der Waals surface area contributed by atoms with Gasteiger partial charge < -0.3 is 9.88 Å². The molecule has 0 atom stereocenters. The molecule has 0 bridgehead atoms. The van der Waals surface area contributed by atoms with Gasteiger partial charge in [0.2, 0.25) is 0 Å². The van der Waals surface area contributed by atoms with Gasteiger partial charge in [-0.2, -0.15) is 0 Å². The van der Waals surface area contributed by atoms with Crippen molar-refractivity contribution in [3.8, 4) is 0 Å². The van der Waals surface area contributed by atoms with Crippen LogP contribution in [0.2, 0.25) is 0 Å². The standard InChI is InChI=1S/C15H22N5/c1-5-20(6-2)10-12(9-19(3)4)14-13-7-8-16-15(13)18-11-17-14/h7-11H,5-6H2,1-4H3,(H,16,17,18)/q+1. The Hall–Kier alpha value is -2.17. The third kappa shape index (κ3) is 3.04. The second-order valence-corrected chi connectivity index (χ2v) is 4.86. The number of nitrogens with zero attached hydrogens (tertiary/aromatic N) is 4. The Morgan fingerprint density at radius 1 is 1.30 bits per heavy atom. The predicted octanol–water partition coefficient (Wildman–Crippen LogP) is 1.98. The van der Waals surface area contributed by atoms with Crippen LogP contribution in [0.25, 0.3) is 16.6 Å². The van der Waals surface area contributed by atoms with Crippen LogP contribution in [0.3, 0.4) is 0 Å². The van der Waals surface area contributed by atoms with E-state index in [-0.39, 0.29) is 0 Å². The fraction of sp³-hybridized carbons (Fsp3) is 0.400. The van der Waals surface area contributed by atoms with Crippen LogP contribution in [0, 0.1) is 0 Å². The largest absolute Gasteiger partial charge is 0.377 e. The van der Waals surface area contributed by atoms with Crippen molar-refractivity contribution in [1.82, 2.24) is 19.9 Å². The van der Waals surface area contributed by atoms with Crippen molar-refractivity contribution >= 4 is 22.8 Å². The van der Waals surface area contributed by atoms with Crippen molar-refractivity contribution in [2.45, 2.75) is 13.8 Å². The van der Waals surface area contributed by atoms with Gasteiger partial charge in [0.1, 0.15) is 26.1 Å². The summed E-state index contributed by atoms with van der Waals surface area (Å²) in [5.74, 6) is 0. The van der Waals surface area contributed by atoms with Gasteiger partial charge in [-0.25, -0.2) is 14.5 Å². The van der Waals surface area contributed by atoms with Crippen LogP contribution in [0.5, 0.6) is 0 Å². The molecule has 0 aliphatic heterocycles. The van der Waals surface area contributed by atoms with E-state index in [4.69, 9.17) is 0 Å². The molecule has 0 spiro atoms. The van der Waals surface area contributed by atoms with Crippen LogP contribution < -0.4 is 0 Å². The molecule has 2 heterocycles. The minimum absolute atomic E-state index is 0.868. The maximum atomic E-state index is 4.47. The Labute approximate surface area is 119 Å². The molecule has 0 fully saturated rings. The zero-order chi connectivity index (χ0) is 14.5. The molecule has 0 aliphatic rings. The van der Waals surface area contributed by atoms with E-state index in [2.05, 4.69) is 46.1 Å². The Morgan fingerprint density at radius 3 is 2.70 bits per heavy atom. The van der Waals surface area contributed by atoms with E-state index in [0.29, 0.717) is 0 Å². The van der Waals surface area contributed by atoms with Gasteiger partial charge in [0.15, 0.2) is 6.21 Å². The molecule has 0 saturated carbocycles. The number of fused-ring (bicyclic) bond motifs is 1. The van der Waals surface area contributed by atoms with E-state index < -0.39 is 0 Å². The number of rotatable bonds is 5. The molecule has 2 aromatic rings. The summed E-state index contributed by atoms with van der Waals surface area (Å²) in [4.78, 5) is 14.1. The first-order chi connectivity index (χ1) is 9.65. The van der Waals surface area contributed by atoms with E-state index in [1.54, 1.807) is 6.33 Å². The van der Waals surface area contributed by atoms with Crippen LogP contribution in [-0.4, -0.2) is 57.8 Å². The molecule has 106 valence electrons. The molecule has 0 saturated heterocycles. The Balaban J connectivity index is 2.57. The average Bonchev–Trinajstić information content (AvgIpc) is 2.91. The maximum absolute atomic E-state index is 4.47. The molecule has 1 N–H and O–H groups in total. The van der Waals surface area contributed by atoms with Crippen molar-refractivity contribution < 1.29 is 4.58 Å². The van der Waals surface area contributed by atoms with Gasteiger partial charge in [-0.15, -0.1) is 0 Å². The van der Waals surface area contributed by atoms with E-state index in [1.165, 1.54) is 0 Å². The maximum Gasteiger partial charge on any atom is 0.173 e. The number of aromatic amines is 1. The molecule has 0 aromatic carbocycles. The quantitative estimate of drug-likeness (QED) is 0.669. The average molecular weight is 272 g/mol. The predicted molar refractivity (Wildman–Crippen MR) is 83.0 cm³/mol. The first-order valence-electron chi connectivity index (χ1n) is 6.91. The van der Waals surface area contributed by atoms with Gasteiger partial charge in [0, 0.05) is 30.9 Å². The summed E-state index contributed by atoms with van der Waals surface area (Å²) in [7, 11) is 4.04. The fourth-order valence-corrected chi connectivity index (χ4v) is 2.14. The minimum atomic E-state index is 0.868. The highest BCUT2D eigenvalue weighted by Gasteiger charge is 2.12. The molecule has 2 aromatic heterocycles. The Morgan fingerprint density at radius 2 is 2.05 bits per heavy atom. The molecular weight excluding hydrogens is 250 g/mol. The summed E-state index contributed by atoms with van der Waals surface area (Å²) in [5, 5.41) is 1.05. The molecule has 0 radical (unpaired) electrons. The third-order valence-corrected chi connectivity index (χ3v) is 3.16. The summed E-state index contributed by atoms with van der Waals surface area (Å²) in [6.45, 7) is 6.25. The van der Waals surface area contributed by atoms with Crippen molar-refractivity contribution in [2.75, 3.05) is 27.2 Å². The summed E-state index contributed by atoms with van der Waals surface area (Å²) >= 11 is 0. The molecular formula is C15H22N5+. The molecule has 5 nitrogen and oxygen atoms in total. The first kappa shape index (κ1) is 14.2. The topological polar surface area (TPSA) is 47.8 Å². The van der Waals surface area contributed by atoms with Crippen LogP contribution in [-0.2, 0) is 0 Å². The summed E-state index contributed by atoms with van der Waals surface area (Å²) in [6.07, 6.45) is 7.75. The van der Waals surface area contributed by atoms with Crippen molar-refractivity contribution in [2.24, 2.45) is 0 Å². The van der Waals surface area contributed by atoms with Gasteiger partial charge in [0.05, 0.1) is 11.3 Å². The lowest BCUT2D eigenvalue weighted by Crippen LogP contribution is -2.17. The highest BCUT2D eigenvalue weighted by Crippen LogP contribution is 2.20. The van der Waals surface area contributed by atoms with Gasteiger partial charge in [-0.3, -0.25) is 0 Å². The minimum Gasteiger partial charge on any atom is -0.377 e. The lowest BCUT2D eigenvalue weighted by molar-refractivity contribution is -0.458. The number of hydrogen-bond donors (Lipinski definition) is 1.